The Hall–Kier alpha value is -2.66. The molecular weight excluding hydrogens is 256 g/mol. The van der Waals surface area contributed by atoms with E-state index in [0.29, 0.717) is 16.2 Å². The largest absolute Gasteiger partial charge is 0.349 e. The van der Waals surface area contributed by atoms with Crippen molar-refractivity contribution in [2.24, 2.45) is 0 Å². The Balaban J connectivity index is 2.30. The van der Waals surface area contributed by atoms with Crippen LogP contribution >= 0.6 is 0 Å². The van der Waals surface area contributed by atoms with Crippen molar-refractivity contribution in [2.45, 2.75) is 5.54 Å². The average molecular weight is 268 g/mol. The molecule has 20 heavy (non-hydrogen) atoms. The second kappa shape index (κ2) is 4.47. The molecular formula is C15H12N2O3. The molecule has 2 N–H and O–H groups in total. The van der Waals surface area contributed by atoms with Gasteiger partial charge in [0.2, 0.25) is 5.54 Å². The fraction of sp³-hybridized carbons (Fsp3) is 0.0667. The van der Waals surface area contributed by atoms with E-state index in [1.807, 2.05) is 0 Å². The van der Waals surface area contributed by atoms with Crippen LogP contribution in [0.25, 0.3) is 0 Å². The van der Waals surface area contributed by atoms with E-state index < -0.39 is 17.5 Å². The zero-order valence-corrected chi connectivity index (χ0v) is 10.5. The minimum absolute atomic E-state index is 0.458. The molecule has 5 nitrogen and oxygen atoms in total. The quantitative estimate of drug-likeness (QED) is 0.645. The Labute approximate surface area is 115 Å². The van der Waals surface area contributed by atoms with E-state index in [1.165, 1.54) is 0 Å². The second-order valence-corrected chi connectivity index (χ2v) is 4.51. The Morgan fingerprint density at radius 2 is 1.30 bits per heavy atom. The number of benzene rings is 2. The number of carbonyl (C=O) groups is 2. The van der Waals surface area contributed by atoms with Crippen LogP contribution in [0.5, 0.6) is 0 Å². The number of nitrogens with one attached hydrogen (secondary N) is 1. The molecule has 0 spiro atoms. The Morgan fingerprint density at radius 1 is 0.850 bits per heavy atom. The molecule has 5 heteroatoms. The van der Waals surface area contributed by atoms with Crippen LogP contribution in [0.3, 0.4) is 0 Å². The molecule has 1 fully saturated rings. The molecule has 1 aliphatic rings. The van der Waals surface area contributed by atoms with Crippen molar-refractivity contribution in [3.05, 3.63) is 71.8 Å². The van der Waals surface area contributed by atoms with Gasteiger partial charge in [-0.25, -0.2) is 4.79 Å². The maximum atomic E-state index is 12.4. The van der Waals surface area contributed by atoms with Gasteiger partial charge in [0.1, 0.15) is 0 Å². The number of nitrogens with zero attached hydrogens (tertiary/aromatic N) is 1. The first-order valence-corrected chi connectivity index (χ1v) is 6.13. The molecule has 1 saturated heterocycles. The lowest BCUT2D eigenvalue weighted by Crippen LogP contribution is -2.46. The van der Waals surface area contributed by atoms with E-state index in [0.717, 1.165) is 0 Å². The van der Waals surface area contributed by atoms with Crippen LogP contribution in [0, 0.1) is 0 Å². The summed E-state index contributed by atoms with van der Waals surface area (Å²) < 4.78 is 0. The van der Waals surface area contributed by atoms with Gasteiger partial charge in [-0.2, -0.15) is 5.06 Å². The van der Waals surface area contributed by atoms with E-state index >= 15 is 0 Å². The third-order valence-corrected chi connectivity index (χ3v) is 3.44. The van der Waals surface area contributed by atoms with Crippen LogP contribution in [0.2, 0.25) is 0 Å². The van der Waals surface area contributed by atoms with Gasteiger partial charge >= 0.3 is 6.03 Å². The van der Waals surface area contributed by atoms with Crippen molar-refractivity contribution in [3.63, 3.8) is 0 Å². The van der Waals surface area contributed by atoms with Gasteiger partial charge in [-0.15, -0.1) is 0 Å². The average Bonchev–Trinajstić information content (AvgIpc) is 2.72. The first-order valence-electron chi connectivity index (χ1n) is 6.13. The summed E-state index contributed by atoms with van der Waals surface area (Å²) in [5.74, 6) is -0.567. The summed E-state index contributed by atoms with van der Waals surface area (Å²) in [7, 11) is 0. The van der Waals surface area contributed by atoms with Crippen LogP contribution in [0.15, 0.2) is 60.7 Å². The van der Waals surface area contributed by atoms with E-state index in [9.17, 15) is 14.8 Å². The molecule has 0 bridgehead atoms. The predicted octanol–water partition coefficient (Wildman–Crippen LogP) is 1.87. The highest BCUT2D eigenvalue weighted by atomic mass is 16.5. The SMILES string of the molecule is O=C1NC(=O)C(c2ccccc2)(c2ccccc2)N1O. The van der Waals surface area contributed by atoms with Gasteiger partial charge in [-0.3, -0.25) is 15.3 Å². The molecule has 0 aromatic heterocycles. The lowest BCUT2D eigenvalue weighted by molar-refractivity contribution is -0.141. The van der Waals surface area contributed by atoms with Crippen LogP contribution in [-0.4, -0.2) is 22.2 Å². The summed E-state index contributed by atoms with van der Waals surface area (Å²) in [6.45, 7) is 0. The topological polar surface area (TPSA) is 69.6 Å². The molecule has 1 aliphatic heterocycles. The highest BCUT2D eigenvalue weighted by molar-refractivity contribution is 6.08. The zero-order chi connectivity index (χ0) is 14.2. The number of carbonyl (C=O) groups excluding carboxylic acids is 2. The minimum atomic E-state index is -1.54. The molecule has 0 atom stereocenters. The fourth-order valence-corrected chi connectivity index (χ4v) is 2.52. The summed E-state index contributed by atoms with van der Waals surface area (Å²) in [6, 6.07) is 16.6. The number of hydrogen-bond acceptors (Lipinski definition) is 3. The standard InChI is InChI=1S/C15H12N2O3/c18-13-15(17(20)14(19)16-13,11-7-3-1-4-8-11)12-9-5-2-6-10-12/h1-10,20H,(H,16,18,19). The van der Waals surface area contributed by atoms with E-state index in [-0.39, 0.29) is 0 Å². The van der Waals surface area contributed by atoms with E-state index in [1.54, 1.807) is 60.7 Å². The molecule has 0 radical (unpaired) electrons. The van der Waals surface area contributed by atoms with Gasteiger partial charge in [0.25, 0.3) is 5.91 Å². The van der Waals surface area contributed by atoms with Crippen LogP contribution in [-0.2, 0) is 10.3 Å². The smallest absolute Gasteiger partial charge is 0.283 e. The maximum absolute atomic E-state index is 12.4. The lowest BCUT2D eigenvalue weighted by atomic mass is 9.82. The third kappa shape index (κ3) is 1.53. The molecule has 3 rings (SSSR count). The van der Waals surface area contributed by atoms with Gasteiger partial charge in [-0.05, 0) is 11.1 Å². The molecule has 0 saturated carbocycles. The van der Waals surface area contributed by atoms with Crippen molar-refractivity contribution in [1.82, 2.24) is 10.4 Å². The van der Waals surface area contributed by atoms with Crippen molar-refractivity contribution < 1.29 is 14.8 Å². The third-order valence-electron chi connectivity index (χ3n) is 3.44. The predicted molar refractivity (Wildman–Crippen MR) is 70.8 cm³/mol. The van der Waals surface area contributed by atoms with Crippen molar-refractivity contribution in [2.75, 3.05) is 0 Å². The molecule has 3 amide bonds. The second-order valence-electron chi connectivity index (χ2n) is 4.51. The van der Waals surface area contributed by atoms with E-state index in [4.69, 9.17) is 0 Å². The summed E-state index contributed by atoms with van der Waals surface area (Å²) >= 11 is 0. The van der Waals surface area contributed by atoms with Crippen LogP contribution in [0.1, 0.15) is 11.1 Å². The summed E-state index contributed by atoms with van der Waals surface area (Å²) in [4.78, 5) is 24.1. The lowest BCUT2D eigenvalue weighted by Gasteiger charge is -2.31. The fourth-order valence-electron chi connectivity index (χ4n) is 2.52. The van der Waals surface area contributed by atoms with Gasteiger partial charge in [0.05, 0.1) is 0 Å². The normalized spacial score (nSPS) is 17.1. The number of rotatable bonds is 2. The van der Waals surface area contributed by atoms with Gasteiger partial charge in [0.15, 0.2) is 0 Å². The van der Waals surface area contributed by atoms with Gasteiger partial charge < -0.3 is 0 Å². The van der Waals surface area contributed by atoms with Gasteiger partial charge in [0, 0.05) is 0 Å². The minimum Gasteiger partial charge on any atom is -0.283 e. The highest BCUT2D eigenvalue weighted by Crippen LogP contribution is 2.38. The molecule has 2 aromatic carbocycles. The number of hydrogen-bond donors (Lipinski definition) is 2. The highest BCUT2D eigenvalue weighted by Gasteiger charge is 2.55. The molecule has 0 aliphatic carbocycles. The number of amides is 3. The van der Waals surface area contributed by atoms with Crippen LogP contribution in [0.4, 0.5) is 4.79 Å². The summed E-state index contributed by atoms with van der Waals surface area (Å²) in [5, 5.41) is 12.8. The molecule has 1 heterocycles. The maximum Gasteiger partial charge on any atom is 0.349 e. The monoisotopic (exact) mass is 268 g/mol. The summed E-state index contributed by atoms with van der Waals surface area (Å²) in [6.07, 6.45) is 0. The number of imide groups is 1. The van der Waals surface area contributed by atoms with Crippen molar-refractivity contribution >= 4 is 11.9 Å². The Morgan fingerprint density at radius 3 is 1.65 bits per heavy atom. The van der Waals surface area contributed by atoms with Crippen LogP contribution < -0.4 is 5.32 Å². The molecule has 100 valence electrons. The zero-order valence-electron chi connectivity index (χ0n) is 10.5. The first kappa shape index (κ1) is 12.4. The number of hydroxylamine groups is 2. The van der Waals surface area contributed by atoms with Gasteiger partial charge in [-0.1, -0.05) is 60.7 Å². The van der Waals surface area contributed by atoms with E-state index in [2.05, 4.69) is 5.32 Å². The van der Waals surface area contributed by atoms with Crippen molar-refractivity contribution in [3.8, 4) is 0 Å². The molecule has 0 unspecified atom stereocenters. The molecule has 2 aromatic rings. The number of urea groups is 1. The Bertz CT molecular complexity index is 616. The van der Waals surface area contributed by atoms with Crippen molar-refractivity contribution in [1.29, 1.82) is 0 Å². The Kier molecular flexibility index (Phi) is 2.76. The summed E-state index contributed by atoms with van der Waals surface area (Å²) in [5.41, 5.74) is -0.492. The first-order chi connectivity index (χ1) is 9.67.